The summed E-state index contributed by atoms with van der Waals surface area (Å²) in [5.74, 6) is 0.464. The van der Waals surface area contributed by atoms with Gasteiger partial charge in [0.15, 0.2) is 0 Å². The molecule has 0 amide bonds. The predicted molar refractivity (Wildman–Crippen MR) is 61.1 cm³/mol. The molecule has 1 heteroatoms. The fourth-order valence-corrected chi connectivity index (χ4v) is 2.29. The molecule has 0 aromatic rings. The van der Waals surface area contributed by atoms with Crippen molar-refractivity contribution in [2.45, 2.75) is 46.1 Å². The summed E-state index contributed by atoms with van der Waals surface area (Å²) in [7, 11) is 0. The van der Waals surface area contributed by atoms with Gasteiger partial charge in [-0.2, -0.15) is 0 Å². The van der Waals surface area contributed by atoms with Crippen molar-refractivity contribution in [3.05, 3.63) is 24.3 Å². The lowest BCUT2D eigenvalue weighted by Gasteiger charge is -2.41. The second kappa shape index (κ2) is 4.31. The minimum Gasteiger partial charge on any atom is -0.392 e. The SMILES string of the molecule is C=CC[C@@H](O)[C@]1(C)CCC(C)=C[C@H]1C. The fraction of sp³-hybridized carbons (Fsp3) is 0.692. The third-order valence-electron chi connectivity index (χ3n) is 3.78. The van der Waals surface area contributed by atoms with Crippen molar-refractivity contribution in [1.82, 2.24) is 0 Å². The molecule has 1 N–H and O–H groups in total. The van der Waals surface area contributed by atoms with Gasteiger partial charge < -0.3 is 5.11 Å². The van der Waals surface area contributed by atoms with Crippen LogP contribution in [0.5, 0.6) is 0 Å². The molecule has 0 aromatic carbocycles. The van der Waals surface area contributed by atoms with E-state index >= 15 is 0 Å². The molecule has 0 saturated heterocycles. The third kappa shape index (κ3) is 2.09. The van der Waals surface area contributed by atoms with Crippen LogP contribution >= 0.6 is 0 Å². The van der Waals surface area contributed by atoms with E-state index in [1.807, 2.05) is 6.08 Å². The lowest BCUT2D eigenvalue weighted by atomic mass is 9.66. The maximum Gasteiger partial charge on any atom is 0.0633 e. The summed E-state index contributed by atoms with van der Waals surface area (Å²) in [6.07, 6.45) is 6.78. The molecule has 14 heavy (non-hydrogen) atoms. The van der Waals surface area contributed by atoms with Crippen LogP contribution in [0.2, 0.25) is 0 Å². The first-order valence-corrected chi connectivity index (χ1v) is 5.47. The highest BCUT2D eigenvalue weighted by atomic mass is 16.3. The second-order valence-electron chi connectivity index (χ2n) is 4.85. The molecule has 1 nitrogen and oxygen atoms in total. The van der Waals surface area contributed by atoms with E-state index in [-0.39, 0.29) is 11.5 Å². The molecule has 1 aliphatic carbocycles. The Hall–Kier alpha value is -0.560. The van der Waals surface area contributed by atoms with E-state index in [1.165, 1.54) is 5.57 Å². The van der Waals surface area contributed by atoms with Crippen molar-refractivity contribution in [2.75, 3.05) is 0 Å². The number of aliphatic hydroxyl groups excluding tert-OH is 1. The topological polar surface area (TPSA) is 20.2 Å². The molecule has 0 fully saturated rings. The minimum atomic E-state index is -0.251. The maximum absolute atomic E-state index is 10.1. The molecular weight excluding hydrogens is 172 g/mol. The lowest BCUT2D eigenvalue weighted by molar-refractivity contribution is 0.00314. The van der Waals surface area contributed by atoms with Gasteiger partial charge in [0.2, 0.25) is 0 Å². The average molecular weight is 194 g/mol. The Morgan fingerprint density at radius 2 is 2.43 bits per heavy atom. The van der Waals surface area contributed by atoms with E-state index in [1.54, 1.807) is 0 Å². The highest BCUT2D eigenvalue weighted by Gasteiger charge is 2.38. The summed E-state index contributed by atoms with van der Waals surface area (Å²) >= 11 is 0. The van der Waals surface area contributed by atoms with Crippen LogP contribution in [-0.2, 0) is 0 Å². The van der Waals surface area contributed by atoms with Crippen LogP contribution in [0, 0.1) is 11.3 Å². The summed E-state index contributed by atoms with van der Waals surface area (Å²) in [6, 6.07) is 0. The summed E-state index contributed by atoms with van der Waals surface area (Å²) in [4.78, 5) is 0. The van der Waals surface area contributed by atoms with E-state index in [2.05, 4.69) is 33.4 Å². The molecule has 0 unspecified atom stereocenters. The normalized spacial score (nSPS) is 34.9. The Bertz CT molecular complexity index is 242. The molecule has 0 bridgehead atoms. The zero-order valence-corrected chi connectivity index (χ0v) is 9.59. The first-order valence-electron chi connectivity index (χ1n) is 5.47. The quantitative estimate of drug-likeness (QED) is 0.683. The van der Waals surface area contributed by atoms with Gasteiger partial charge in [-0.3, -0.25) is 0 Å². The Kier molecular flexibility index (Phi) is 3.54. The number of hydrogen-bond donors (Lipinski definition) is 1. The van der Waals surface area contributed by atoms with Crippen LogP contribution in [0.3, 0.4) is 0 Å². The molecule has 0 aromatic heterocycles. The minimum absolute atomic E-state index is 0.0354. The van der Waals surface area contributed by atoms with Crippen molar-refractivity contribution in [3.8, 4) is 0 Å². The van der Waals surface area contributed by atoms with Crippen LogP contribution in [0.4, 0.5) is 0 Å². The summed E-state index contributed by atoms with van der Waals surface area (Å²) in [5, 5.41) is 10.1. The van der Waals surface area contributed by atoms with Crippen LogP contribution < -0.4 is 0 Å². The van der Waals surface area contributed by atoms with Gasteiger partial charge in [0.05, 0.1) is 6.10 Å². The smallest absolute Gasteiger partial charge is 0.0633 e. The molecule has 0 saturated carbocycles. The van der Waals surface area contributed by atoms with Gasteiger partial charge in [0.1, 0.15) is 0 Å². The molecule has 0 spiro atoms. The van der Waals surface area contributed by atoms with Crippen molar-refractivity contribution in [3.63, 3.8) is 0 Å². The predicted octanol–water partition coefficient (Wildman–Crippen LogP) is 3.31. The lowest BCUT2D eigenvalue weighted by Crippen LogP contribution is -2.39. The Morgan fingerprint density at radius 1 is 1.79 bits per heavy atom. The summed E-state index contributed by atoms with van der Waals surface area (Å²) in [5.41, 5.74) is 1.49. The monoisotopic (exact) mass is 194 g/mol. The number of aliphatic hydroxyl groups is 1. The van der Waals surface area contributed by atoms with Gasteiger partial charge in [-0.05, 0) is 32.1 Å². The largest absolute Gasteiger partial charge is 0.392 e. The van der Waals surface area contributed by atoms with Gasteiger partial charge in [-0.1, -0.05) is 31.6 Å². The molecule has 80 valence electrons. The standard InChI is InChI=1S/C13H22O/c1-5-6-12(14)13(4)8-7-10(2)9-11(13)3/h5,9,11-12,14H,1,6-8H2,2-4H3/t11-,12-,13-/m1/s1. The third-order valence-corrected chi connectivity index (χ3v) is 3.78. The Balaban J connectivity index is 2.79. The highest BCUT2D eigenvalue weighted by Crippen LogP contribution is 2.43. The second-order valence-corrected chi connectivity index (χ2v) is 4.85. The number of hydrogen-bond acceptors (Lipinski definition) is 1. The zero-order chi connectivity index (χ0) is 10.8. The van der Waals surface area contributed by atoms with E-state index < -0.39 is 0 Å². The Labute approximate surface area is 87.5 Å². The molecule has 1 rings (SSSR count). The van der Waals surface area contributed by atoms with Gasteiger partial charge in [0.25, 0.3) is 0 Å². The number of allylic oxidation sites excluding steroid dienone is 2. The van der Waals surface area contributed by atoms with Crippen LogP contribution in [0.25, 0.3) is 0 Å². The summed E-state index contributed by atoms with van der Waals surface area (Å²) in [6.45, 7) is 10.3. The van der Waals surface area contributed by atoms with Gasteiger partial charge in [-0.25, -0.2) is 0 Å². The molecule has 0 radical (unpaired) electrons. The molecule has 0 heterocycles. The van der Waals surface area contributed by atoms with Gasteiger partial charge >= 0.3 is 0 Å². The Morgan fingerprint density at radius 3 is 2.93 bits per heavy atom. The van der Waals surface area contributed by atoms with E-state index in [9.17, 15) is 5.11 Å². The zero-order valence-electron chi connectivity index (χ0n) is 9.59. The molecule has 3 atom stereocenters. The van der Waals surface area contributed by atoms with Gasteiger partial charge in [0, 0.05) is 5.41 Å². The van der Waals surface area contributed by atoms with Crippen molar-refractivity contribution < 1.29 is 5.11 Å². The maximum atomic E-state index is 10.1. The number of rotatable bonds is 3. The van der Waals surface area contributed by atoms with Crippen molar-refractivity contribution >= 4 is 0 Å². The van der Waals surface area contributed by atoms with Gasteiger partial charge in [-0.15, -0.1) is 6.58 Å². The molecular formula is C13H22O. The van der Waals surface area contributed by atoms with E-state index in [4.69, 9.17) is 0 Å². The van der Waals surface area contributed by atoms with E-state index in [0.717, 1.165) is 12.8 Å². The van der Waals surface area contributed by atoms with Crippen LogP contribution in [0.1, 0.15) is 40.0 Å². The van der Waals surface area contributed by atoms with Crippen molar-refractivity contribution in [2.24, 2.45) is 11.3 Å². The summed E-state index contributed by atoms with van der Waals surface area (Å²) < 4.78 is 0. The van der Waals surface area contributed by atoms with Crippen molar-refractivity contribution in [1.29, 1.82) is 0 Å². The first-order chi connectivity index (χ1) is 6.50. The molecule has 0 aliphatic heterocycles. The molecule has 1 aliphatic rings. The van der Waals surface area contributed by atoms with Crippen LogP contribution in [0.15, 0.2) is 24.3 Å². The highest BCUT2D eigenvalue weighted by molar-refractivity contribution is 5.11. The first kappa shape index (κ1) is 11.5. The van der Waals surface area contributed by atoms with Crippen LogP contribution in [-0.4, -0.2) is 11.2 Å². The average Bonchev–Trinajstić information content (AvgIpc) is 2.12. The van der Waals surface area contributed by atoms with E-state index in [0.29, 0.717) is 12.3 Å². The fourth-order valence-electron chi connectivity index (χ4n) is 2.29.